The predicted octanol–water partition coefficient (Wildman–Crippen LogP) is 2.50. The fourth-order valence-electron chi connectivity index (χ4n) is 2.70. The van der Waals surface area contributed by atoms with Gasteiger partial charge in [0.2, 0.25) is 5.28 Å². The highest BCUT2D eigenvalue weighted by atomic mass is 35.5. The van der Waals surface area contributed by atoms with Crippen molar-refractivity contribution in [2.45, 2.75) is 39.5 Å². The second kappa shape index (κ2) is 9.56. The van der Waals surface area contributed by atoms with Crippen molar-refractivity contribution in [1.82, 2.24) is 14.9 Å². The van der Waals surface area contributed by atoms with Crippen LogP contribution in [-0.2, 0) is 4.79 Å². The summed E-state index contributed by atoms with van der Waals surface area (Å²) in [6.07, 6.45) is 7.34. The number of halogens is 1. The number of amides is 1. The smallest absolute Gasteiger partial charge is 0.251 e. The molecule has 2 N–H and O–H groups in total. The van der Waals surface area contributed by atoms with Crippen LogP contribution in [0.25, 0.3) is 0 Å². The van der Waals surface area contributed by atoms with E-state index in [0.717, 1.165) is 38.8 Å². The van der Waals surface area contributed by atoms with Crippen molar-refractivity contribution in [3.05, 3.63) is 17.7 Å². The molecule has 1 aliphatic heterocycles. The number of aliphatic imine (C=N–C) groups is 1. The molecule has 1 aromatic heterocycles. The molecule has 0 bridgehead atoms. The van der Waals surface area contributed by atoms with Gasteiger partial charge >= 0.3 is 0 Å². The molecule has 0 radical (unpaired) electrons. The molecule has 1 aromatic rings. The van der Waals surface area contributed by atoms with Gasteiger partial charge in [0, 0.05) is 19.0 Å². The molecule has 1 saturated heterocycles. The second-order valence-electron chi connectivity index (χ2n) is 6.57. The first kappa shape index (κ1) is 19.4. The molecule has 1 fully saturated rings. The number of piperidine rings is 1. The number of carbonyl (C=O) groups is 1. The minimum Gasteiger partial charge on any atom is -0.490 e. The fourth-order valence-corrected chi connectivity index (χ4v) is 2.80. The van der Waals surface area contributed by atoms with Crippen LogP contribution in [-0.4, -0.2) is 46.4 Å². The normalized spacial score (nSPS) is 16.3. The van der Waals surface area contributed by atoms with Gasteiger partial charge in [0.15, 0.2) is 11.7 Å². The van der Waals surface area contributed by atoms with E-state index in [2.05, 4.69) is 15.0 Å². The lowest BCUT2D eigenvalue weighted by atomic mass is 9.92. The summed E-state index contributed by atoms with van der Waals surface area (Å²) in [7, 11) is 0. The number of hydrogen-bond acceptors (Lipinski definition) is 4. The van der Waals surface area contributed by atoms with Crippen LogP contribution in [0, 0.1) is 11.8 Å². The quantitative estimate of drug-likeness (QED) is 0.359. The van der Waals surface area contributed by atoms with Gasteiger partial charge in [-0.1, -0.05) is 13.8 Å². The van der Waals surface area contributed by atoms with Crippen LogP contribution in [0.1, 0.15) is 39.5 Å². The molecule has 0 spiro atoms. The zero-order valence-electron chi connectivity index (χ0n) is 14.8. The van der Waals surface area contributed by atoms with Crippen molar-refractivity contribution in [3.8, 4) is 5.75 Å². The van der Waals surface area contributed by atoms with E-state index in [1.54, 1.807) is 12.4 Å². The molecule has 0 unspecified atom stereocenters. The first-order chi connectivity index (χ1) is 12.0. The summed E-state index contributed by atoms with van der Waals surface area (Å²) in [5, 5.41) is 0.219. The van der Waals surface area contributed by atoms with Crippen LogP contribution in [0.3, 0.4) is 0 Å². The van der Waals surface area contributed by atoms with E-state index in [4.69, 9.17) is 22.1 Å². The molecule has 8 heteroatoms. The van der Waals surface area contributed by atoms with Gasteiger partial charge in [-0.05, 0) is 43.2 Å². The molecular weight excluding hydrogens is 342 g/mol. The van der Waals surface area contributed by atoms with Gasteiger partial charge in [-0.15, -0.1) is 0 Å². The van der Waals surface area contributed by atoms with Crippen molar-refractivity contribution in [2.24, 2.45) is 22.6 Å². The highest BCUT2D eigenvalue weighted by molar-refractivity contribution is 6.28. The van der Waals surface area contributed by atoms with Crippen LogP contribution in [0.15, 0.2) is 17.4 Å². The molecule has 2 rings (SSSR count). The molecule has 0 aliphatic carbocycles. The number of carbonyl (C=O) groups excluding carboxylic acids is 1. The molecule has 1 aliphatic rings. The molecule has 1 amide bonds. The third-order valence-corrected chi connectivity index (χ3v) is 4.47. The molecule has 138 valence electrons. The number of hydrogen-bond donors (Lipinski definition) is 1. The van der Waals surface area contributed by atoms with Gasteiger partial charge < -0.3 is 15.4 Å². The van der Waals surface area contributed by atoms with Gasteiger partial charge in [0.05, 0.1) is 19.0 Å². The van der Waals surface area contributed by atoms with Crippen molar-refractivity contribution < 1.29 is 9.53 Å². The number of aromatic nitrogens is 2. The summed E-state index contributed by atoms with van der Waals surface area (Å²) < 4.78 is 5.61. The van der Waals surface area contributed by atoms with Crippen molar-refractivity contribution in [2.75, 3.05) is 19.7 Å². The lowest BCUT2D eigenvalue weighted by Crippen LogP contribution is -2.43. The summed E-state index contributed by atoms with van der Waals surface area (Å²) >= 11 is 5.63. The highest BCUT2D eigenvalue weighted by Gasteiger charge is 2.21. The molecular formula is C17H26ClN5O2. The van der Waals surface area contributed by atoms with Crippen LogP contribution in [0.4, 0.5) is 0 Å². The van der Waals surface area contributed by atoms with Gasteiger partial charge in [-0.2, -0.15) is 4.99 Å². The Labute approximate surface area is 153 Å². The molecule has 25 heavy (non-hydrogen) atoms. The Hall–Kier alpha value is -1.89. The van der Waals surface area contributed by atoms with E-state index in [-0.39, 0.29) is 17.1 Å². The van der Waals surface area contributed by atoms with Crippen molar-refractivity contribution in [1.29, 1.82) is 0 Å². The first-order valence-electron chi connectivity index (χ1n) is 8.69. The maximum absolute atomic E-state index is 11.6. The minimum atomic E-state index is -0.164. The molecule has 0 aromatic carbocycles. The Morgan fingerprint density at radius 3 is 2.64 bits per heavy atom. The number of guanidine groups is 1. The first-order valence-corrected chi connectivity index (χ1v) is 9.06. The average Bonchev–Trinajstić information content (AvgIpc) is 2.60. The third kappa shape index (κ3) is 6.49. The Morgan fingerprint density at radius 2 is 2.04 bits per heavy atom. The lowest BCUT2D eigenvalue weighted by Gasteiger charge is -2.32. The average molecular weight is 368 g/mol. The largest absolute Gasteiger partial charge is 0.490 e. The number of ether oxygens (including phenoxy) is 1. The number of rotatable bonds is 6. The van der Waals surface area contributed by atoms with Crippen LogP contribution < -0.4 is 10.5 Å². The minimum absolute atomic E-state index is 0.123. The fraction of sp³-hybridized carbons (Fsp3) is 0.647. The molecule has 2 heterocycles. The maximum Gasteiger partial charge on any atom is 0.251 e. The standard InChI is InChI=1S/C17H26ClN5O2/c1-12(2)15(24)22-17(19)23-7-5-13(6-8-23)4-3-9-25-14-10-20-16(18)21-11-14/h10-13H,3-9H2,1-2H3,(H2,19,22,24). The third-order valence-electron chi connectivity index (χ3n) is 4.28. The van der Waals surface area contributed by atoms with E-state index in [9.17, 15) is 4.79 Å². The van der Waals surface area contributed by atoms with Crippen LogP contribution in [0.5, 0.6) is 5.75 Å². The van der Waals surface area contributed by atoms with Gasteiger partial charge in [-0.3, -0.25) is 4.79 Å². The maximum atomic E-state index is 11.6. The number of nitrogens with two attached hydrogens (primary N) is 1. The van der Waals surface area contributed by atoms with Crippen LogP contribution in [0.2, 0.25) is 5.28 Å². The van der Waals surface area contributed by atoms with E-state index >= 15 is 0 Å². The van der Waals surface area contributed by atoms with Gasteiger partial charge in [0.1, 0.15) is 0 Å². The summed E-state index contributed by atoms with van der Waals surface area (Å²) in [5.41, 5.74) is 5.94. The highest BCUT2D eigenvalue weighted by Crippen LogP contribution is 2.22. The Morgan fingerprint density at radius 1 is 1.40 bits per heavy atom. The van der Waals surface area contributed by atoms with Crippen molar-refractivity contribution >= 4 is 23.5 Å². The van der Waals surface area contributed by atoms with E-state index in [0.29, 0.717) is 24.2 Å². The predicted molar refractivity (Wildman–Crippen MR) is 97.5 cm³/mol. The lowest BCUT2D eigenvalue weighted by molar-refractivity contribution is -0.120. The molecule has 7 nitrogen and oxygen atoms in total. The Kier molecular flexibility index (Phi) is 7.43. The van der Waals surface area contributed by atoms with Gasteiger partial charge in [0.25, 0.3) is 5.91 Å². The summed E-state index contributed by atoms with van der Waals surface area (Å²) in [5.74, 6) is 1.35. The zero-order chi connectivity index (χ0) is 18.2. The van der Waals surface area contributed by atoms with Crippen LogP contribution >= 0.6 is 11.6 Å². The van der Waals surface area contributed by atoms with E-state index in [1.807, 2.05) is 18.7 Å². The SMILES string of the molecule is CC(C)C(=O)N=C(N)N1CCC(CCCOc2cnc(Cl)nc2)CC1. The Bertz CT molecular complexity index is 583. The topological polar surface area (TPSA) is 93.7 Å². The van der Waals surface area contributed by atoms with Crippen molar-refractivity contribution in [3.63, 3.8) is 0 Å². The number of likely N-dealkylation sites (tertiary alicyclic amines) is 1. The number of nitrogens with zero attached hydrogens (tertiary/aromatic N) is 4. The zero-order valence-corrected chi connectivity index (χ0v) is 15.6. The second-order valence-corrected chi connectivity index (χ2v) is 6.91. The molecule has 0 saturated carbocycles. The monoisotopic (exact) mass is 367 g/mol. The molecule has 0 atom stereocenters. The Balaban J connectivity index is 1.65. The summed E-state index contributed by atoms with van der Waals surface area (Å²) in [6, 6.07) is 0. The van der Waals surface area contributed by atoms with E-state index in [1.165, 1.54) is 0 Å². The van der Waals surface area contributed by atoms with Gasteiger partial charge in [-0.25, -0.2) is 9.97 Å². The summed E-state index contributed by atoms with van der Waals surface area (Å²) in [6.45, 7) is 5.97. The van der Waals surface area contributed by atoms with E-state index < -0.39 is 0 Å². The summed E-state index contributed by atoms with van der Waals surface area (Å²) in [4.78, 5) is 25.4.